The number of hydrogen-bond donors (Lipinski definition) is 3. The van der Waals surface area contributed by atoms with Gasteiger partial charge in [-0.1, -0.05) is 0 Å². The first-order valence-corrected chi connectivity index (χ1v) is 6.42. The summed E-state index contributed by atoms with van der Waals surface area (Å²) in [6, 6.07) is -0.711. The van der Waals surface area contributed by atoms with Gasteiger partial charge in [0.15, 0.2) is 0 Å². The van der Waals surface area contributed by atoms with Crippen molar-refractivity contribution >= 4 is 23.8 Å². The average Bonchev–Trinajstić information content (AvgIpc) is 2.36. The van der Waals surface area contributed by atoms with Gasteiger partial charge >= 0.3 is 12.0 Å². The quantitative estimate of drug-likeness (QED) is 0.651. The van der Waals surface area contributed by atoms with Crippen molar-refractivity contribution in [1.82, 2.24) is 10.2 Å². The molecule has 1 saturated heterocycles. The van der Waals surface area contributed by atoms with Gasteiger partial charge in [-0.05, 0) is 19.8 Å². The monoisotopic (exact) mass is 285 g/mol. The Hall–Kier alpha value is -2.12. The maximum atomic E-state index is 11.9. The second kappa shape index (κ2) is 6.88. The lowest BCUT2D eigenvalue weighted by molar-refractivity contribution is -0.138. The van der Waals surface area contributed by atoms with Gasteiger partial charge in [0.05, 0.1) is 12.3 Å². The van der Waals surface area contributed by atoms with Gasteiger partial charge in [0.1, 0.15) is 0 Å². The molecule has 0 saturated carbocycles. The zero-order valence-electron chi connectivity index (χ0n) is 11.3. The molecule has 0 bridgehead atoms. The predicted octanol–water partition coefficient (Wildman–Crippen LogP) is -0.327. The number of nitrogens with one attached hydrogen (secondary N) is 1. The molecule has 2 atom stereocenters. The Morgan fingerprint density at radius 2 is 1.90 bits per heavy atom. The van der Waals surface area contributed by atoms with Crippen LogP contribution in [0.2, 0.25) is 0 Å². The van der Waals surface area contributed by atoms with E-state index in [1.165, 1.54) is 4.90 Å². The highest BCUT2D eigenvalue weighted by Gasteiger charge is 2.32. The molecule has 0 aromatic heterocycles. The average molecular weight is 285 g/mol. The molecular weight excluding hydrogens is 266 g/mol. The van der Waals surface area contributed by atoms with E-state index in [1.54, 1.807) is 0 Å². The van der Waals surface area contributed by atoms with Crippen LogP contribution in [0.1, 0.15) is 32.6 Å². The minimum atomic E-state index is -1.10. The number of nitrogens with two attached hydrogens (primary N) is 1. The normalized spacial score (nSPS) is 22.1. The number of carboxylic acid groups (broad SMARTS) is 1. The third-order valence-electron chi connectivity index (χ3n) is 3.36. The molecular formula is C12H19N3O5. The van der Waals surface area contributed by atoms with E-state index in [9.17, 15) is 19.2 Å². The van der Waals surface area contributed by atoms with E-state index in [0.29, 0.717) is 12.8 Å². The second-order valence-corrected chi connectivity index (χ2v) is 4.93. The van der Waals surface area contributed by atoms with Crippen molar-refractivity contribution in [2.45, 2.75) is 38.6 Å². The topological polar surface area (TPSA) is 130 Å². The van der Waals surface area contributed by atoms with Crippen LogP contribution >= 0.6 is 0 Å². The lowest BCUT2D eigenvalue weighted by Crippen LogP contribution is -2.53. The summed E-state index contributed by atoms with van der Waals surface area (Å²) in [5, 5.41) is 10.6. The van der Waals surface area contributed by atoms with Crippen LogP contribution in [-0.2, 0) is 14.4 Å². The Bertz CT molecular complexity index is 423. The molecule has 2 unspecified atom stereocenters. The Morgan fingerprint density at radius 1 is 1.25 bits per heavy atom. The van der Waals surface area contributed by atoms with E-state index < -0.39 is 29.7 Å². The Kier molecular flexibility index (Phi) is 5.48. The van der Waals surface area contributed by atoms with Gasteiger partial charge in [0.25, 0.3) is 0 Å². The summed E-state index contributed by atoms with van der Waals surface area (Å²) < 4.78 is 0. The van der Waals surface area contributed by atoms with Crippen molar-refractivity contribution < 1.29 is 24.3 Å². The van der Waals surface area contributed by atoms with Crippen LogP contribution in [0.4, 0.5) is 4.79 Å². The molecule has 1 rings (SSSR count). The molecule has 1 heterocycles. The van der Waals surface area contributed by atoms with Gasteiger partial charge < -0.3 is 15.7 Å². The number of amides is 4. The Balaban J connectivity index is 2.54. The zero-order valence-corrected chi connectivity index (χ0v) is 11.3. The van der Waals surface area contributed by atoms with Crippen molar-refractivity contribution in [3.05, 3.63) is 0 Å². The second-order valence-electron chi connectivity index (χ2n) is 4.93. The Morgan fingerprint density at radius 3 is 2.45 bits per heavy atom. The molecule has 8 nitrogen and oxygen atoms in total. The molecule has 20 heavy (non-hydrogen) atoms. The molecule has 4 N–H and O–H groups in total. The van der Waals surface area contributed by atoms with E-state index in [4.69, 9.17) is 10.8 Å². The maximum Gasteiger partial charge on any atom is 0.324 e. The van der Waals surface area contributed by atoms with Gasteiger partial charge in [-0.25, -0.2) is 4.79 Å². The number of carbonyl (C=O) groups excluding carboxylic acids is 3. The molecule has 8 heteroatoms. The smallest absolute Gasteiger partial charge is 0.324 e. The van der Waals surface area contributed by atoms with Crippen LogP contribution in [0.15, 0.2) is 0 Å². The minimum absolute atomic E-state index is 0.0992. The summed E-state index contributed by atoms with van der Waals surface area (Å²) in [6.45, 7) is 1.99. The molecule has 0 spiro atoms. The number of piperidine rings is 1. The molecule has 1 fully saturated rings. The number of hydrogen-bond acceptors (Lipinski definition) is 4. The summed E-state index contributed by atoms with van der Waals surface area (Å²) in [5.41, 5.74) is 5.23. The lowest BCUT2D eigenvalue weighted by Gasteiger charge is -2.36. The summed E-state index contributed by atoms with van der Waals surface area (Å²) >= 11 is 0. The predicted molar refractivity (Wildman–Crippen MR) is 68.5 cm³/mol. The van der Waals surface area contributed by atoms with E-state index in [-0.39, 0.29) is 25.4 Å². The zero-order chi connectivity index (χ0) is 15.3. The third-order valence-corrected chi connectivity index (χ3v) is 3.36. The van der Waals surface area contributed by atoms with Crippen LogP contribution in [0.25, 0.3) is 0 Å². The molecule has 1 aliphatic rings. The van der Waals surface area contributed by atoms with Crippen molar-refractivity contribution in [2.24, 2.45) is 11.7 Å². The van der Waals surface area contributed by atoms with Crippen LogP contribution in [0, 0.1) is 5.92 Å². The third kappa shape index (κ3) is 4.52. The fourth-order valence-corrected chi connectivity index (χ4v) is 2.10. The summed E-state index contributed by atoms with van der Waals surface area (Å²) in [4.78, 5) is 46.2. The first kappa shape index (κ1) is 15.9. The van der Waals surface area contributed by atoms with Crippen LogP contribution < -0.4 is 11.1 Å². The summed E-state index contributed by atoms with van der Waals surface area (Å²) in [5.74, 6) is -2.63. The first-order valence-electron chi connectivity index (χ1n) is 6.42. The van der Waals surface area contributed by atoms with E-state index in [2.05, 4.69) is 5.32 Å². The largest absolute Gasteiger partial charge is 0.481 e. The summed E-state index contributed by atoms with van der Waals surface area (Å²) in [6.07, 6.45) is 0.651. The number of carboxylic acids is 1. The Labute approximate surface area is 116 Å². The number of carbonyl (C=O) groups is 4. The molecule has 4 amide bonds. The molecule has 112 valence electrons. The number of rotatable bonds is 4. The van der Waals surface area contributed by atoms with Crippen molar-refractivity contribution in [3.63, 3.8) is 0 Å². The molecule has 0 aromatic carbocycles. The summed E-state index contributed by atoms with van der Waals surface area (Å²) in [7, 11) is 0. The van der Waals surface area contributed by atoms with Gasteiger partial charge in [0.2, 0.25) is 11.8 Å². The molecule has 1 aliphatic heterocycles. The molecule has 0 aliphatic carbocycles. The SMILES string of the molecule is CC1CCC(C(N)=O)CN1C(=O)NC(=O)CCC(=O)O. The van der Waals surface area contributed by atoms with Crippen molar-refractivity contribution in [1.29, 1.82) is 0 Å². The lowest BCUT2D eigenvalue weighted by atomic mass is 9.93. The van der Waals surface area contributed by atoms with Crippen molar-refractivity contribution in [2.75, 3.05) is 6.54 Å². The van der Waals surface area contributed by atoms with Gasteiger partial charge in [-0.2, -0.15) is 0 Å². The van der Waals surface area contributed by atoms with Gasteiger partial charge in [-0.3, -0.25) is 19.7 Å². The fourth-order valence-electron chi connectivity index (χ4n) is 2.10. The van der Waals surface area contributed by atoms with E-state index in [0.717, 1.165) is 0 Å². The van der Waals surface area contributed by atoms with E-state index in [1.807, 2.05) is 6.92 Å². The maximum absolute atomic E-state index is 11.9. The van der Waals surface area contributed by atoms with Crippen LogP contribution in [0.3, 0.4) is 0 Å². The molecule has 0 radical (unpaired) electrons. The molecule has 0 aromatic rings. The van der Waals surface area contributed by atoms with Crippen LogP contribution in [-0.4, -0.2) is 46.4 Å². The minimum Gasteiger partial charge on any atom is -0.481 e. The van der Waals surface area contributed by atoms with Gasteiger partial charge in [-0.15, -0.1) is 0 Å². The number of urea groups is 1. The first-order chi connectivity index (χ1) is 9.31. The highest BCUT2D eigenvalue weighted by atomic mass is 16.4. The number of likely N-dealkylation sites (tertiary alicyclic amines) is 1. The number of nitrogens with zero attached hydrogens (tertiary/aromatic N) is 1. The highest BCUT2D eigenvalue weighted by Crippen LogP contribution is 2.21. The van der Waals surface area contributed by atoms with E-state index >= 15 is 0 Å². The number of primary amides is 1. The fraction of sp³-hybridized carbons (Fsp3) is 0.667. The van der Waals surface area contributed by atoms with Crippen LogP contribution in [0.5, 0.6) is 0 Å². The number of imide groups is 1. The standard InChI is InChI=1S/C12H19N3O5/c1-7-2-3-8(11(13)19)6-15(7)12(20)14-9(16)4-5-10(17)18/h7-8H,2-6H2,1H3,(H2,13,19)(H,17,18)(H,14,16,20). The van der Waals surface area contributed by atoms with Crippen molar-refractivity contribution in [3.8, 4) is 0 Å². The van der Waals surface area contributed by atoms with Gasteiger partial charge in [0, 0.05) is 19.0 Å². The highest BCUT2D eigenvalue weighted by molar-refractivity contribution is 5.95. The number of aliphatic carboxylic acids is 1.